The highest BCUT2D eigenvalue weighted by atomic mass is 35.5. The Labute approximate surface area is 87.5 Å². The molecular weight excluding hydrogens is 203 g/mol. The Morgan fingerprint density at radius 3 is 2.79 bits per heavy atom. The smallest absolute Gasteiger partial charge is 0.127 e. The maximum Gasteiger partial charge on any atom is 0.127 e. The molecule has 1 nitrogen and oxygen atoms in total. The topological polar surface area (TPSA) is 20.2 Å². The van der Waals surface area contributed by atoms with Gasteiger partial charge in [-0.3, -0.25) is 0 Å². The van der Waals surface area contributed by atoms with Gasteiger partial charge in [-0.15, -0.1) is 0 Å². The minimum absolute atomic E-state index is 0.322. The molecular formula is C11H12ClFO. The van der Waals surface area contributed by atoms with Crippen LogP contribution in [-0.4, -0.2) is 11.2 Å². The molecule has 1 N–H and O–H groups in total. The van der Waals surface area contributed by atoms with E-state index in [2.05, 4.69) is 0 Å². The summed E-state index contributed by atoms with van der Waals surface area (Å²) in [6.45, 7) is 0. The maximum atomic E-state index is 13.3. The van der Waals surface area contributed by atoms with Crippen molar-refractivity contribution in [2.24, 2.45) is 5.92 Å². The van der Waals surface area contributed by atoms with Crippen molar-refractivity contribution in [3.63, 3.8) is 0 Å². The van der Waals surface area contributed by atoms with Crippen LogP contribution in [0, 0.1) is 11.7 Å². The fraction of sp³-hybridized carbons (Fsp3) is 0.455. The van der Waals surface area contributed by atoms with Gasteiger partial charge in [0.2, 0.25) is 0 Å². The van der Waals surface area contributed by atoms with E-state index in [-0.39, 0.29) is 5.82 Å². The molecule has 3 heteroatoms. The van der Waals surface area contributed by atoms with E-state index in [1.807, 2.05) is 0 Å². The molecule has 0 radical (unpaired) electrons. The van der Waals surface area contributed by atoms with Gasteiger partial charge in [-0.25, -0.2) is 4.39 Å². The summed E-state index contributed by atoms with van der Waals surface area (Å²) in [4.78, 5) is 0. The number of benzene rings is 1. The largest absolute Gasteiger partial charge is 0.392 e. The van der Waals surface area contributed by atoms with Crippen LogP contribution < -0.4 is 0 Å². The predicted molar refractivity (Wildman–Crippen MR) is 53.8 cm³/mol. The van der Waals surface area contributed by atoms with Crippen LogP contribution in [0.1, 0.15) is 18.4 Å². The van der Waals surface area contributed by atoms with Crippen LogP contribution in [0.4, 0.5) is 4.39 Å². The third-order valence-corrected chi connectivity index (χ3v) is 2.85. The molecule has 0 aromatic heterocycles. The molecule has 1 aromatic rings. The molecule has 1 unspecified atom stereocenters. The molecule has 1 fully saturated rings. The van der Waals surface area contributed by atoms with Gasteiger partial charge >= 0.3 is 0 Å². The van der Waals surface area contributed by atoms with Gasteiger partial charge in [0, 0.05) is 11.4 Å². The van der Waals surface area contributed by atoms with E-state index >= 15 is 0 Å². The lowest BCUT2D eigenvalue weighted by Gasteiger charge is -2.09. The van der Waals surface area contributed by atoms with E-state index in [0.29, 0.717) is 22.9 Å². The average Bonchev–Trinajstić information content (AvgIpc) is 2.92. The van der Waals surface area contributed by atoms with Crippen molar-refractivity contribution >= 4 is 11.6 Å². The minimum Gasteiger partial charge on any atom is -0.392 e. The highest BCUT2D eigenvalue weighted by molar-refractivity contribution is 6.30. The van der Waals surface area contributed by atoms with Crippen LogP contribution in [-0.2, 0) is 6.42 Å². The van der Waals surface area contributed by atoms with Crippen molar-refractivity contribution in [2.75, 3.05) is 0 Å². The molecule has 1 aromatic carbocycles. The van der Waals surface area contributed by atoms with Crippen LogP contribution in [0.3, 0.4) is 0 Å². The van der Waals surface area contributed by atoms with Gasteiger partial charge in [-0.2, -0.15) is 0 Å². The summed E-state index contributed by atoms with van der Waals surface area (Å²) in [7, 11) is 0. The summed E-state index contributed by atoms with van der Waals surface area (Å²) >= 11 is 5.63. The normalized spacial score (nSPS) is 18.2. The molecule has 0 bridgehead atoms. The van der Waals surface area contributed by atoms with Gasteiger partial charge in [0.05, 0.1) is 6.10 Å². The zero-order valence-electron chi connectivity index (χ0n) is 7.71. The first kappa shape index (κ1) is 9.94. The van der Waals surface area contributed by atoms with E-state index < -0.39 is 6.10 Å². The van der Waals surface area contributed by atoms with Crippen LogP contribution in [0.15, 0.2) is 18.2 Å². The lowest BCUT2D eigenvalue weighted by atomic mass is 10.0. The third kappa shape index (κ3) is 2.25. The summed E-state index contributed by atoms with van der Waals surface area (Å²) in [6.07, 6.45) is 2.13. The number of aliphatic hydroxyl groups is 1. The molecule has 0 heterocycles. The number of rotatable bonds is 3. The predicted octanol–water partition coefficient (Wildman–Crippen LogP) is 2.79. The summed E-state index contributed by atoms with van der Waals surface area (Å²) < 4.78 is 13.3. The number of hydrogen-bond acceptors (Lipinski definition) is 1. The van der Waals surface area contributed by atoms with Crippen LogP contribution >= 0.6 is 11.6 Å². The molecule has 1 aliphatic rings. The Morgan fingerprint density at radius 2 is 2.21 bits per heavy atom. The highest BCUT2D eigenvalue weighted by Crippen LogP contribution is 2.34. The number of halogens is 2. The second-order valence-corrected chi connectivity index (χ2v) is 4.28. The number of aliphatic hydroxyl groups excluding tert-OH is 1. The van der Waals surface area contributed by atoms with Gasteiger partial charge in [-0.05, 0) is 36.5 Å². The summed E-state index contributed by atoms with van der Waals surface area (Å²) in [5.74, 6) is 0.0577. The minimum atomic E-state index is -0.398. The lowest BCUT2D eigenvalue weighted by Crippen LogP contribution is -2.13. The molecule has 1 atom stereocenters. The van der Waals surface area contributed by atoms with Crippen molar-refractivity contribution < 1.29 is 9.50 Å². The van der Waals surface area contributed by atoms with E-state index in [4.69, 9.17) is 11.6 Å². The van der Waals surface area contributed by atoms with E-state index in [0.717, 1.165) is 12.8 Å². The van der Waals surface area contributed by atoms with Crippen LogP contribution in [0.5, 0.6) is 0 Å². The van der Waals surface area contributed by atoms with Crippen LogP contribution in [0.2, 0.25) is 5.02 Å². The van der Waals surface area contributed by atoms with Gasteiger partial charge < -0.3 is 5.11 Å². The molecule has 0 spiro atoms. The molecule has 0 amide bonds. The van der Waals surface area contributed by atoms with Gasteiger partial charge in [0.1, 0.15) is 5.82 Å². The van der Waals surface area contributed by atoms with Crippen molar-refractivity contribution in [3.05, 3.63) is 34.6 Å². The second kappa shape index (κ2) is 3.87. The molecule has 1 aliphatic carbocycles. The lowest BCUT2D eigenvalue weighted by molar-refractivity contribution is 0.150. The first-order valence-electron chi connectivity index (χ1n) is 4.79. The Morgan fingerprint density at radius 1 is 1.50 bits per heavy atom. The van der Waals surface area contributed by atoms with E-state index in [9.17, 15) is 9.50 Å². The average molecular weight is 215 g/mol. The van der Waals surface area contributed by atoms with E-state index in [1.54, 1.807) is 12.1 Å². The van der Waals surface area contributed by atoms with Gasteiger partial charge in [0.15, 0.2) is 0 Å². The van der Waals surface area contributed by atoms with Gasteiger partial charge in [-0.1, -0.05) is 17.7 Å². The SMILES string of the molecule is OC(Cc1ccc(Cl)cc1F)C1CC1. The standard InChI is InChI=1S/C11H12ClFO/c12-9-4-3-8(10(13)6-9)5-11(14)7-1-2-7/h3-4,6-7,11,14H,1-2,5H2. The Kier molecular flexibility index (Phi) is 2.75. The summed E-state index contributed by atoms with van der Waals surface area (Å²) in [5.41, 5.74) is 0.550. The number of hydrogen-bond donors (Lipinski definition) is 1. The van der Waals surface area contributed by atoms with Gasteiger partial charge in [0.25, 0.3) is 0 Å². The monoisotopic (exact) mass is 214 g/mol. The first-order chi connectivity index (χ1) is 6.66. The van der Waals surface area contributed by atoms with Crippen LogP contribution in [0.25, 0.3) is 0 Å². The Bertz CT molecular complexity index is 336. The molecule has 1 saturated carbocycles. The second-order valence-electron chi connectivity index (χ2n) is 3.84. The Hall–Kier alpha value is -0.600. The molecule has 14 heavy (non-hydrogen) atoms. The molecule has 0 aliphatic heterocycles. The molecule has 76 valence electrons. The molecule has 0 saturated heterocycles. The zero-order valence-corrected chi connectivity index (χ0v) is 8.47. The molecule has 2 rings (SSSR count). The van der Waals surface area contributed by atoms with Crippen molar-refractivity contribution in [2.45, 2.75) is 25.4 Å². The quantitative estimate of drug-likeness (QED) is 0.821. The summed E-state index contributed by atoms with van der Waals surface area (Å²) in [6, 6.07) is 4.58. The first-order valence-corrected chi connectivity index (χ1v) is 5.16. The fourth-order valence-electron chi connectivity index (χ4n) is 1.56. The van der Waals surface area contributed by atoms with E-state index in [1.165, 1.54) is 6.07 Å². The summed E-state index contributed by atoms with van der Waals surface area (Å²) in [5, 5.41) is 10.0. The third-order valence-electron chi connectivity index (χ3n) is 2.61. The van der Waals surface area contributed by atoms with Crippen molar-refractivity contribution in [3.8, 4) is 0 Å². The highest BCUT2D eigenvalue weighted by Gasteiger charge is 2.30. The van der Waals surface area contributed by atoms with Crippen molar-refractivity contribution in [1.29, 1.82) is 0 Å². The zero-order chi connectivity index (χ0) is 10.1. The van der Waals surface area contributed by atoms with Crippen molar-refractivity contribution in [1.82, 2.24) is 0 Å². The Balaban J connectivity index is 2.07. The fourth-order valence-corrected chi connectivity index (χ4v) is 1.72. The maximum absolute atomic E-state index is 13.3.